The number of aryl methyl sites for hydroxylation is 1. The molecule has 7 nitrogen and oxygen atoms in total. The Morgan fingerprint density at radius 2 is 2.20 bits per heavy atom. The van der Waals surface area contributed by atoms with Crippen LogP contribution in [0, 0.1) is 21.4 Å². The third-order valence-corrected chi connectivity index (χ3v) is 2.39. The number of hydrogen-bond donors (Lipinski definition) is 0. The van der Waals surface area contributed by atoms with Crippen LogP contribution in [0.4, 0.5) is 5.69 Å². The van der Waals surface area contributed by atoms with Crippen LogP contribution in [0.5, 0.6) is 0 Å². The van der Waals surface area contributed by atoms with Crippen LogP contribution < -0.4 is 0 Å². The topological polar surface area (TPSA) is 98.2 Å². The summed E-state index contributed by atoms with van der Waals surface area (Å²) in [5.74, 6) is -0.609. The standard InChI is InChI=1S/C13H17N3O4/c1-13(2,3)20-12(17)11-8-10(16(18)19)9-15(11)7-5-4-6-14/h8-9H,4-5,7H2,1-3H3. The average molecular weight is 279 g/mol. The summed E-state index contributed by atoms with van der Waals surface area (Å²) in [4.78, 5) is 22.3. The van der Waals surface area contributed by atoms with E-state index >= 15 is 0 Å². The molecule has 0 saturated heterocycles. The lowest BCUT2D eigenvalue weighted by atomic mass is 10.2. The van der Waals surface area contributed by atoms with Crippen LogP contribution in [0.1, 0.15) is 44.1 Å². The second kappa shape index (κ2) is 6.19. The van der Waals surface area contributed by atoms with Crippen LogP contribution in [-0.2, 0) is 11.3 Å². The van der Waals surface area contributed by atoms with Gasteiger partial charge in [0.2, 0.25) is 0 Å². The summed E-state index contributed by atoms with van der Waals surface area (Å²) in [5.41, 5.74) is -0.708. The zero-order valence-electron chi connectivity index (χ0n) is 11.8. The number of esters is 1. The van der Waals surface area contributed by atoms with Gasteiger partial charge in [-0.15, -0.1) is 0 Å². The number of aromatic nitrogens is 1. The van der Waals surface area contributed by atoms with Crippen LogP contribution in [0.15, 0.2) is 12.3 Å². The summed E-state index contributed by atoms with van der Waals surface area (Å²) >= 11 is 0. The number of carbonyl (C=O) groups is 1. The smallest absolute Gasteiger partial charge is 0.355 e. The zero-order chi connectivity index (χ0) is 15.3. The van der Waals surface area contributed by atoms with Crippen molar-refractivity contribution in [2.45, 2.75) is 45.8 Å². The first-order valence-electron chi connectivity index (χ1n) is 6.19. The van der Waals surface area contributed by atoms with E-state index < -0.39 is 16.5 Å². The molecule has 7 heteroatoms. The third-order valence-electron chi connectivity index (χ3n) is 2.39. The molecular weight excluding hydrogens is 262 g/mol. The molecule has 1 aromatic rings. The Morgan fingerprint density at radius 3 is 2.70 bits per heavy atom. The SMILES string of the molecule is CC(C)(C)OC(=O)c1cc([N+](=O)[O-])cn1CCCC#N. The summed E-state index contributed by atoms with van der Waals surface area (Å²) in [6.45, 7) is 5.53. The largest absolute Gasteiger partial charge is 0.455 e. The number of nitriles is 1. The summed E-state index contributed by atoms with van der Waals surface area (Å²) < 4.78 is 6.68. The second-order valence-corrected chi connectivity index (χ2v) is 5.30. The summed E-state index contributed by atoms with van der Waals surface area (Å²) in [6, 6.07) is 3.19. The first-order chi connectivity index (χ1) is 9.24. The number of rotatable bonds is 5. The van der Waals surface area contributed by atoms with E-state index in [1.165, 1.54) is 16.8 Å². The van der Waals surface area contributed by atoms with Crippen molar-refractivity contribution in [1.82, 2.24) is 4.57 Å². The molecule has 0 aliphatic carbocycles. The van der Waals surface area contributed by atoms with Gasteiger partial charge in [-0.1, -0.05) is 0 Å². The highest BCUT2D eigenvalue weighted by molar-refractivity contribution is 5.89. The molecule has 0 saturated carbocycles. The molecule has 1 rings (SSSR count). The normalized spacial score (nSPS) is 10.9. The lowest BCUT2D eigenvalue weighted by Gasteiger charge is -2.19. The van der Waals surface area contributed by atoms with Gasteiger partial charge in [-0.25, -0.2) is 4.79 Å². The van der Waals surface area contributed by atoms with Crippen molar-refractivity contribution in [3.05, 3.63) is 28.1 Å². The van der Waals surface area contributed by atoms with Crippen molar-refractivity contribution in [3.63, 3.8) is 0 Å². The van der Waals surface area contributed by atoms with Crippen molar-refractivity contribution < 1.29 is 14.5 Å². The maximum atomic E-state index is 12.0. The zero-order valence-corrected chi connectivity index (χ0v) is 11.8. The van der Waals surface area contributed by atoms with E-state index in [-0.39, 0.29) is 11.4 Å². The molecule has 0 radical (unpaired) electrons. The molecule has 0 unspecified atom stereocenters. The fourth-order valence-electron chi connectivity index (χ4n) is 1.61. The quantitative estimate of drug-likeness (QED) is 0.357. The van der Waals surface area contributed by atoms with E-state index in [0.717, 1.165) is 0 Å². The molecule has 1 aromatic heterocycles. The molecule has 0 aromatic carbocycles. The van der Waals surface area contributed by atoms with E-state index in [1.54, 1.807) is 20.8 Å². The molecule has 108 valence electrons. The number of unbranched alkanes of at least 4 members (excludes halogenated alkanes) is 1. The molecule has 1 heterocycles. The fraction of sp³-hybridized carbons (Fsp3) is 0.538. The van der Waals surface area contributed by atoms with Crippen LogP contribution in [-0.4, -0.2) is 21.1 Å². The summed E-state index contributed by atoms with van der Waals surface area (Å²) in [6.07, 6.45) is 2.12. The van der Waals surface area contributed by atoms with Gasteiger partial charge in [0.1, 0.15) is 11.3 Å². The van der Waals surface area contributed by atoms with Gasteiger partial charge in [-0.2, -0.15) is 5.26 Å². The minimum Gasteiger partial charge on any atom is -0.455 e. The predicted molar refractivity (Wildman–Crippen MR) is 71.1 cm³/mol. The summed E-state index contributed by atoms with van der Waals surface area (Å²) in [7, 11) is 0. The monoisotopic (exact) mass is 279 g/mol. The van der Waals surface area contributed by atoms with Gasteiger partial charge in [0, 0.05) is 19.0 Å². The maximum Gasteiger partial charge on any atom is 0.355 e. The first-order valence-corrected chi connectivity index (χ1v) is 6.19. The number of nitro groups is 1. The first kappa shape index (κ1) is 15.7. The van der Waals surface area contributed by atoms with Gasteiger partial charge >= 0.3 is 5.97 Å². The Labute approximate surface area is 116 Å². The fourth-order valence-corrected chi connectivity index (χ4v) is 1.61. The lowest BCUT2D eigenvalue weighted by molar-refractivity contribution is -0.384. The minimum absolute atomic E-state index is 0.129. The Morgan fingerprint density at radius 1 is 1.55 bits per heavy atom. The van der Waals surface area contributed by atoms with Gasteiger partial charge in [-0.05, 0) is 27.2 Å². The van der Waals surface area contributed by atoms with Crippen molar-refractivity contribution >= 4 is 11.7 Å². The molecule has 20 heavy (non-hydrogen) atoms. The molecular formula is C13H17N3O4. The third kappa shape index (κ3) is 4.39. The van der Waals surface area contributed by atoms with Crippen LogP contribution in [0.2, 0.25) is 0 Å². The number of ether oxygens (including phenoxy) is 1. The van der Waals surface area contributed by atoms with E-state index in [4.69, 9.17) is 10.00 Å². The Balaban J connectivity index is 3.00. The predicted octanol–water partition coefficient (Wildman–Crippen LogP) is 2.66. The molecule has 0 bridgehead atoms. The van der Waals surface area contributed by atoms with Gasteiger partial charge in [0.05, 0.1) is 17.2 Å². The second-order valence-electron chi connectivity index (χ2n) is 5.30. The Bertz CT molecular complexity index is 549. The number of hydrogen-bond acceptors (Lipinski definition) is 5. The number of nitrogens with zero attached hydrogens (tertiary/aromatic N) is 3. The van der Waals surface area contributed by atoms with E-state index in [9.17, 15) is 14.9 Å². The molecule has 0 atom stereocenters. The van der Waals surface area contributed by atoms with Crippen LogP contribution in [0.25, 0.3) is 0 Å². The van der Waals surface area contributed by atoms with Crippen molar-refractivity contribution in [1.29, 1.82) is 5.26 Å². The highest BCUT2D eigenvalue weighted by atomic mass is 16.6. The van der Waals surface area contributed by atoms with Gasteiger partial charge in [0.25, 0.3) is 5.69 Å². The summed E-state index contributed by atoms with van der Waals surface area (Å²) in [5, 5.41) is 19.3. The minimum atomic E-state index is -0.673. The lowest BCUT2D eigenvalue weighted by Crippen LogP contribution is -2.25. The van der Waals surface area contributed by atoms with Crippen molar-refractivity contribution in [2.75, 3.05) is 0 Å². The maximum absolute atomic E-state index is 12.0. The van der Waals surface area contributed by atoms with Crippen LogP contribution in [0.3, 0.4) is 0 Å². The Hall–Kier alpha value is -2.36. The number of carbonyl (C=O) groups excluding carboxylic acids is 1. The molecule has 0 spiro atoms. The van der Waals surface area contributed by atoms with E-state index in [0.29, 0.717) is 19.4 Å². The van der Waals surface area contributed by atoms with Gasteiger partial charge < -0.3 is 9.30 Å². The molecule has 0 N–H and O–H groups in total. The molecule has 0 amide bonds. The van der Waals surface area contributed by atoms with Gasteiger partial charge in [0.15, 0.2) is 0 Å². The highest BCUT2D eigenvalue weighted by Gasteiger charge is 2.24. The molecule has 0 fully saturated rings. The van der Waals surface area contributed by atoms with Gasteiger partial charge in [-0.3, -0.25) is 10.1 Å². The Kier molecular flexibility index (Phi) is 4.86. The average Bonchev–Trinajstić information content (AvgIpc) is 2.71. The molecule has 0 aliphatic rings. The van der Waals surface area contributed by atoms with Crippen molar-refractivity contribution in [3.8, 4) is 6.07 Å². The van der Waals surface area contributed by atoms with Crippen molar-refractivity contribution in [2.24, 2.45) is 0 Å². The van der Waals surface area contributed by atoms with E-state index in [2.05, 4.69) is 0 Å². The van der Waals surface area contributed by atoms with E-state index in [1.807, 2.05) is 6.07 Å². The molecule has 0 aliphatic heterocycles. The van der Waals surface area contributed by atoms with Crippen LogP contribution >= 0.6 is 0 Å². The highest BCUT2D eigenvalue weighted by Crippen LogP contribution is 2.20.